The van der Waals surface area contributed by atoms with Gasteiger partial charge in [-0.15, -0.1) is 0 Å². The van der Waals surface area contributed by atoms with E-state index in [0.717, 1.165) is 66.9 Å². The summed E-state index contributed by atoms with van der Waals surface area (Å²) >= 11 is 0. The molecule has 0 aliphatic carbocycles. The van der Waals surface area contributed by atoms with Crippen molar-refractivity contribution < 1.29 is 16.1 Å². The van der Waals surface area contributed by atoms with Gasteiger partial charge in [0.05, 0.1) is 34.8 Å². The summed E-state index contributed by atoms with van der Waals surface area (Å²) in [5.41, 5.74) is 12.9. The first kappa shape index (κ1) is 41.4. The van der Waals surface area contributed by atoms with Gasteiger partial charge in [-0.3, -0.25) is 9.55 Å². The first-order chi connectivity index (χ1) is 37.4. The number of nitrogens with zero attached hydrogens (tertiary/aromatic N) is 3. The van der Waals surface area contributed by atoms with Gasteiger partial charge in [-0.1, -0.05) is 207 Å². The molecule has 0 aliphatic heterocycles. The lowest BCUT2D eigenvalue weighted by Gasteiger charge is -2.28. The van der Waals surface area contributed by atoms with Gasteiger partial charge in [-0.05, 0) is 144 Å². The molecule has 2 aromatic heterocycles. The Morgan fingerprint density at radius 3 is 1.71 bits per heavy atom. The highest BCUT2D eigenvalue weighted by molar-refractivity contribution is 5.98. The summed E-state index contributed by atoms with van der Waals surface area (Å²) in [5.74, 6) is 0.504. The molecule has 0 amide bonds. The molecule has 0 fully saturated rings. The highest BCUT2D eigenvalue weighted by Gasteiger charge is 2.30. The van der Waals surface area contributed by atoms with Gasteiger partial charge < -0.3 is 5.11 Å². The topological polar surface area (TPSA) is 50.9 Å². The van der Waals surface area contributed by atoms with Crippen LogP contribution < -0.4 is 0 Å². The molecule has 7 aromatic carbocycles. The molecule has 9 aromatic rings. The number of pyridine rings is 1. The van der Waals surface area contributed by atoms with E-state index in [1.54, 1.807) is 0 Å². The third-order valence-corrected chi connectivity index (χ3v) is 14.2. The maximum Gasteiger partial charge on any atom is 0.149 e. The van der Waals surface area contributed by atoms with Gasteiger partial charge in [0.2, 0.25) is 0 Å². The normalized spacial score (nSPS) is 14.5. The van der Waals surface area contributed by atoms with Crippen LogP contribution in [0.3, 0.4) is 0 Å². The standard InChI is InChI=1S/C69H75N3O/c1-43-35-50(65(2,3)4)29-31-54(43)46-27-25-44(26-28-46)47-33-34-70-59(39-47)49-36-48(37-52(38-49)67(8,9)10)55-23-20-24-61-62(55)71-64(57-41-53(68(11,12)13)42-58(63(57)73)69(14,15)16)72(61)60-32-30-51(66(5,6)7)40-56(60)45-21-18-17-19-22-45/h17-42,73H,1-16H3/i1D3,17D,18D,19D,21D,22D. The Kier molecular flexibility index (Phi) is 10.5. The van der Waals surface area contributed by atoms with Crippen LogP contribution in [0.2, 0.25) is 0 Å². The number of fused-ring (bicyclic) bond motifs is 1. The monoisotopic (exact) mass is 970 g/mol. The second-order valence-electron chi connectivity index (χ2n) is 24.9. The Morgan fingerprint density at radius 1 is 0.466 bits per heavy atom. The molecular weight excluding hydrogens is 887 g/mol. The average Bonchev–Trinajstić information content (AvgIpc) is 2.60. The van der Waals surface area contributed by atoms with Crippen LogP contribution in [-0.4, -0.2) is 19.6 Å². The van der Waals surface area contributed by atoms with Gasteiger partial charge in [0, 0.05) is 32.6 Å². The second-order valence-corrected chi connectivity index (χ2v) is 24.9. The van der Waals surface area contributed by atoms with Gasteiger partial charge in [-0.2, -0.15) is 0 Å². The van der Waals surface area contributed by atoms with Crippen molar-refractivity contribution in [1.29, 1.82) is 0 Å². The van der Waals surface area contributed by atoms with Crippen LogP contribution >= 0.6 is 0 Å². The van der Waals surface area contributed by atoms with E-state index in [1.165, 1.54) is 0 Å². The van der Waals surface area contributed by atoms with Gasteiger partial charge in [0.25, 0.3) is 0 Å². The molecule has 0 saturated carbocycles. The molecule has 4 heteroatoms. The summed E-state index contributed by atoms with van der Waals surface area (Å²) in [4.78, 5) is 10.6. The highest BCUT2D eigenvalue weighted by Crippen LogP contribution is 2.46. The van der Waals surface area contributed by atoms with E-state index in [0.29, 0.717) is 44.8 Å². The summed E-state index contributed by atoms with van der Waals surface area (Å²) in [6.07, 6.45) is 1.82. The molecule has 4 nitrogen and oxygen atoms in total. The van der Waals surface area contributed by atoms with Crippen LogP contribution in [0.4, 0.5) is 0 Å². The van der Waals surface area contributed by atoms with E-state index in [-0.39, 0.29) is 45.1 Å². The summed E-state index contributed by atoms with van der Waals surface area (Å²) in [6.45, 7) is 29.4. The lowest BCUT2D eigenvalue weighted by Crippen LogP contribution is -2.17. The number of aromatic hydroxyl groups is 1. The van der Waals surface area contributed by atoms with E-state index in [4.69, 9.17) is 18.2 Å². The maximum atomic E-state index is 12.7. The molecule has 0 atom stereocenters. The molecule has 0 spiro atoms. The van der Waals surface area contributed by atoms with Crippen molar-refractivity contribution in [3.63, 3.8) is 0 Å². The van der Waals surface area contributed by atoms with E-state index in [9.17, 15) is 7.85 Å². The zero-order valence-electron chi connectivity index (χ0n) is 53.4. The smallest absolute Gasteiger partial charge is 0.149 e. The van der Waals surface area contributed by atoms with Gasteiger partial charge in [0.15, 0.2) is 0 Å². The molecule has 0 unspecified atom stereocenters. The van der Waals surface area contributed by atoms with E-state index in [1.807, 2.05) is 95.7 Å². The number of aryl methyl sites for hydroxylation is 1. The van der Waals surface area contributed by atoms with Gasteiger partial charge in [0.1, 0.15) is 11.6 Å². The first-order valence-electron chi connectivity index (χ1n) is 29.5. The Labute approximate surface area is 447 Å². The van der Waals surface area contributed by atoms with Crippen LogP contribution in [0.15, 0.2) is 158 Å². The highest BCUT2D eigenvalue weighted by atomic mass is 16.3. The molecule has 0 radical (unpaired) electrons. The molecule has 73 heavy (non-hydrogen) atoms. The van der Waals surface area contributed by atoms with Gasteiger partial charge in [-0.25, -0.2) is 4.98 Å². The van der Waals surface area contributed by atoms with Crippen molar-refractivity contribution in [2.75, 3.05) is 0 Å². The third kappa shape index (κ3) is 10.2. The molecule has 1 N–H and O–H groups in total. The molecule has 0 bridgehead atoms. The second kappa shape index (κ2) is 18.5. The quantitative estimate of drug-likeness (QED) is 0.173. The summed E-state index contributed by atoms with van der Waals surface area (Å²) in [7, 11) is 0. The minimum absolute atomic E-state index is 0.0656. The molecular formula is C69H75N3O. The number of rotatable bonds is 7. The Balaban J connectivity index is 1.29. The lowest BCUT2D eigenvalue weighted by atomic mass is 9.79. The number of phenolic OH excluding ortho intramolecular Hbond substituents is 1. The largest absolute Gasteiger partial charge is 0.507 e. The number of imidazole rings is 1. The van der Waals surface area contributed by atoms with Crippen LogP contribution in [-0.2, 0) is 27.1 Å². The van der Waals surface area contributed by atoms with Crippen molar-refractivity contribution in [2.45, 2.75) is 138 Å². The molecule has 0 aliphatic rings. The SMILES string of the molecule is [2H]c1c([2H])c([2H])c(-c2cc(C(C)(C)C)ccc2-n2c(-c3cc(C(C)(C)C)cc(C(C)(C)C)c3O)nc3c(-c4cc(-c5cc(-c6ccc(-c7ccc(C(C)(C)C)cc7C([2H])([2H])[2H])cc6)ccn5)cc(C(C)(C)C)c4)cccc32)c([2H])c1[2H]. The Hall–Kier alpha value is -7.04. The van der Waals surface area contributed by atoms with Crippen molar-refractivity contribution >= 4 is 11.0 Å². The lowest BCUT2D eigenvalue weighted by molar-refractivity contribution is 0.446. The van der Waals surface area contributed by atoms with E-state index < -0.39 is 30.4 Å². The number of benzene rings is 7. The van der Waals surface area contributed by atoms with Gasteiger partial charge >= 0.3 is 0 Å². The van der Waals surface area contributed by atoms with Crippen molar-refractivity contribution in [3.05, 3.63) is 191 Å². The zero-order chi connectivity index (χ0) is 59.4. The van der Waals surface area contributed by atoms with E-state index >= 15 is 0 Å². The number of hydrogen-bond acceptors (Lipinski definition) is 3. The average molecular weight is 970 g/mol. The molecule has 9 rings (SSSR count). The van der Waals surface area contributed by atoms with Crippen LogP contribution in [0.1, 0.15) is 148 Å². The summed E-state index contributed by atoms with van der Waals surface area (Å²) in [6, 6.07) is 38.5. The predicted octanol–water partition coefficient (Wildman–Crippen LogP) is 18.9. The van der Waals surface area contributed by atoms with Crippen molar-refractivity contribution in [1.82, 2.24) is 14.5 Å². The fraction of sp³-hybridized carbons (Fsp3) is 0.304. The van der Waals surface area contributed by atoms with Crippen LogP contribution in [0, 0.1) is 6.85 Å². The molecule has 0 saturated heterocycles. The van der Waals surface area contributed by atoms with Crippen molar-refractivity contribution in [3.8, 4) is 78.6 Å². The van der Waals surface area contributed by atoms with E-state index in [2.05, 4.69) is 140 Å². The van der Waals surface area contributed by atoms with Crippen molar-refractivity contribution in [2.24, 2.45) is 0 Å². The Bertz CT molecular complexity index is 3920. The number of aromatic nitrogens is 3. The minimum Gasteiger partial charge on any atom is -0.507 e. The molecule has 2 heterocycles. The fourth-order valence-corrected chi connectivity index (χ4v) is 9.59. The van der Waals surface area contributed by atoms with Crippen LogP contribution in [0.5, 0.6) is 5.75 Å². The summed E-state index contributed by atoms with van der Waals surface area (Å²) in [5, 5.41) is 12.7. The van der Waals surface area contributed by atoms with Crippen LogP contribution in [0.25, 0.3) is 83.9 Å². The number of hydrogen-bond donors (Lipinski definition) is 1. The Morgan fingerprint density at radius 2 is 1.07 bits per heavy atom. The zero-order valence-corrected chi connectivity index (χ0v) is 45.4. The fourth-order valence-electron chi connectivity index (χ4n) is 9.59. The molecule has 372 valence electrons. The number of para-hydroxylation sites is 1. The first-order valence-corrected chi connectivity index (χ1v) is 25.5. The third-order valence-electron chi connectivity index (χ3n) is 14.2. The minimum atomic E-state index is -2.29. The summed E-state index contributed by atoms with van der Waals surface area (Å²) < 4.78 is 72.1. The number of phenols is 1. The maximum absolute atomic E-state index is 12.7. The predicted molar refractivity (Wildman–Crippen MR) is 311 cm³/mol.